The van der Waals surface area contributed by atoms with Crippen molar-refractivity contribution >= 4 is 15.9 Å². The molecule has 0 radical (unpaired) electrons. The van der Waals surface area contributed by atoms with E-state index < -0.39 is 6.17 Å². The van der Waals surface area contributed by atoms with Gasteiger partial charge in [0, 0.05) is 5.56 Å². The molecular weight excluding hydrogens is 402 g/mol. The monoisotopic (exact) mass is 420 g/mol. The second kappa shape index (κ2) is 8.56. The molecule has 0 amide bonds. The minimum absolute atomic E-state index is 0.0196. The van der Waals surface area contributed by atoms with Gasteiger partial charge < -0.3 is 4.74 Å². The molecule has 1 heterocycles. The lowest BCUT2D eigenvalue weighted by Crippen LogP contribution is -2.19. The first kappa shape index (κ1) is 18.7. The number of rotatable bonds is 7. The third-order valence-electron chi connectivity index (χ3n) is 3.95. The Morgan fingerprint density at radius 2 is 1.81 bits per heavy atom. The summed E-state index contributed by atoms with van der Waals surface area (Å²) < 4.78 is 35.5. The Hall–Kier alpha value is -2.05. The van der Waals surface area contributed by atoms with Crippen molar-refractivity contribution < 1.29 is 13.5 Å². The van der Waals surface area contributed by atoms with Crippen LogP contribution in [0.2, 0.25) is 0 Å². The standard InChI is InChI=1S/C20H19BrF2N2O/c1-14-19(21)20(16-7-9-17(22)10-8-16)25(24-14)11-18(23)13-26-12-15-5-3-2-4-6-15/h2-10,18H,11-13H2,1H3. The average Bonchev–Trinajstić information content (AvgIpc) is 2.90. The molecular formula is C20H19BrF2N2O. The summed E-state index contributed by atoms with van der Waals surface area (Å²) in [6.45, 7) is 2.25. The van der Waals surface area contributed by atoms with Crippen LogP contribution >= 0.6 is 15.9 Å². The van der Waals surface area contributed by atoms with E-state index in [-0.39, 0.29) is 19.0 Å². The van der Waals surface area contributed by atoms with E-state index in [1.807, 2.05) is 37.3 Å². The van der Waals surface area contributed by atoms with E-state index in [2.05, 4.69) is 21.0 Å². The van der Waals surface area contributed by atoms with Gasteiger partial charge in [0.05, 0.1) is 35.6 Å². The number of hydrogen-bond donors (Lipinski definition) is 0. The maximum Gasteiger partial charge on any atom is 0.143 e. The first-order valence-corrected chi connectivity index (χ1v) is 9.08. The largest absolute Gasteiger partial charge is 0.374 e. The van der Waals surface area contributed by atoms with Gasteiger partial charge in [0.2, 0.25) is 0 Å². The lowest BCUT2D eigenvalue weighted by molar-refractivity contribution is 0.0618. The van der Waals surface area contributed by atoms with Gasteiger partial charge in [0.1, 0.15) is 12.0 Å². The van der Waals surface area contributed by atoms with Crippen LogP contribution in [0.25, 0.3) is 11.3 Å². The topological polar surface area (TPSA) is 27.1 Å². The molecule has 26 heavy (non-hydrogen) atoms. The molecule has 0 bridgehead atoms. The van der Waals surface area contributed by atoms with Crippen LogP contribution in [0.1, 0.15) is 11.3 Å². The molecule has 136 valence electrons. The maximum absolute atomic E-state index is 14.4. The number of nitrogens with zero attached hydrogens (tertiary/aromatic N) is 2. The first-order valence-electron chi connectivity index (χ1n) is 8.29. The van der Waals surface area contributed by atoms with Gasteiger partial charge >= 0.3 is 0 Å². The van der Waals surface area contributed by atoms with Crippen LogP contribution < -0.4 is 0 Å². The lowest BCUT2D eigenvalue weighted by atomic mass is 10.1. The lowest BCUT2D eigenvalue weighted by Gasteiger charge is -2.13. The summed E-state index contributed by atoms with van der Waals surface area (Å²) in [5.41, 5.74) is 3.26. The first-order chi connectivity index (χ1) is 12.5. The minimum Gasteiger partial charge on any atom is -0.374 e. The van der Waals surface area contributed by atoms with E-state index in [1.54, 1.807) is 16.8 Å². The van der Waals surface area contributed by atoms with Crippen molar-refractivity contribution in [3.8, 4) is 11.3 Å². The van der Waals surface area contributed by atoms with E-state index in [4.69, 9.17) is 4.74 Å². The Kier molecular flexibility index (Phi) is 6.16. The second-order valence-corrected chi connectivity index (χ2v) is 6.83. The average molecular weight is 421 g/mol. The van der Waals surface area contributed by atoms with Crippen molar-refractivity contribution in [2.45, 2.75) is 26.2 Å². The number of hydrogen-bond acceptors (Lipinski definition) is 2. The van der Waals surface area contributed by atoms with E-state index in [9.17, 15) is 8.78 Å². The van der Waals surface area contributed by atoms with E-state index in [0.717, 1.165) is 27.0 Å². The highest BCUT2D eigenvalue weighted by Gasteiger charge is 2.18. The van der Waals surface area contributed by atoms with Gasteiger partial charge in [0.25, 0.3) is 0 Å². The van der Waals surface area contributed by atoms with Crippen molar-refractivity contribution in [3.05, 3.63) is 76.1 Å². The van der Waals surface area contributed by atoms with Crippen LogP contribution in [0.3, 0.4) is 0 Å². The zero-order valence-corrected chi connectivity index (χ0v) is 15.9. The van der Waals surface area contributed by atoms with E-state index >= 15 is 0 Å². The molecule has 6 heteroatoms. The Balaban J connectivity index is 1.67. The van der Waals surface area contributed by atoms with Crippen LogP contribution in [0.5, 0.6) is 0 Å². The van der Waals surface area contributed by atoms with Gasteiger partial charge in [-0.2, -0.15) is 5.10 Å². The number of aryl methyl sites for hydroxylation is 1. The van der Waals surface area contributed by atoms with Crippen LogP contribution in [0, 0.1) is 12.7 Å². The quantitative estimate of drug-likeness (QED) is 0.517. The summed E-state index contributed by atoms with van der Waals surface area (Å²) >= 11 is 3.50. The maximum atomic E-state index is 14.4. The molecule has 1 unspecified atom stereocenters. The van der Waals surface area contributed by atoms with Crippen molar-refractivity contribution in [3.63, 3.8) is 0 Å². The fraction of sp³-hybridized carbons (Fsp3) is 0.250. The SMILES string of the molecule is Cc1nn(CC(F)COCc2ccccc2)c(-c2ccc(F)cc2)c1Br. The third kappa shape index (κ3) is 4.56. The van der Waals surface area contributed by atoms with E-state index in [1.165, 1.54) is 12.1 Å². The molecule has 1 atom stereocenters. The number of ether oxygens (including phenoxy) is 1. The van der Waals surface area contributed by atoms with Crippen LogP contribution in [0.4, 0.5) is 8.78 Å². The summed E-state index contributed by atoms with van der Waals surface area (Å²) in [5, 5.41) is 4.40. The van der Waals surface area contributed by atoms with Gasteiger partial charge in [-0.3, -0.25) is 4.68 Å². The highest BCUT2D eigenvalue weighted by molar-refractivity contribution is 9.10. The van der Waals surface area contributed by atoms with Gasteiger partial charge in [-0.1, -0.05) is 30.3 Å². The third-order valence-corrected chi connectivity index (χ3v) is 4.90. The van der Waals surface area contributed by atoms with Gasteiger partial charge in [-0.25, -0.2) is 8.78 Å². The Labute approximate surface area is 159 Å². The molecule has 0 saturated carbocycles. The second-order valence-electron chi connectivity index (χ2n) is 6.04. The molecule has 1 aromatic heterocycles. The zero-order chi connectivity index (χ0) is 18.5. The molecule has 0 spiro atoms. The number of aromatic nitrogens is 2. The minimum atomic E-state index is -1.20. The molecule has 0 aliphatic rings. The molecule has 0 aliphatic heterocycles. The van der Waals surface area contributed by atoms with E-state index in [0.29, 0.717) is 6.61 Å². The highest BCUT2D eigenvalue weighted by Crippen LogP contribution is 2.31. The summed E-state index contributed by atoms with van der Waals surface area (Å²) in [5.74, 6) is -0.315. The smallest absolute Gasteiger partial charge is 0.143 e. The molecule has 0 fully saturated rings. The Bertz CT molecular complexity index is 850. The molecule has 2 aromatic carbocycles. The van der Waals surface area contributed by atoms with Gasteiger partial charge in [-0.05, 0) is 52.7 Å². The number of benzene rings is 2. The summed E-state index contributed by atoms with van der Waals surface area (Å²) in [6.07, 6.45) is -1.20. The molecule has 0 aliphatic carbocycles. The summed E-state index contributed by atoms with van der Waals surface area (Å²) in [6, 6.07) is 15.7. The van der Waals surface area contributed by atoms with Crippen LogP contribution in [-0.4, -0.2) is 22.6 Å². The molecule has 3 aromatic rings. The predicted molar refractivity (Wildman–Crippen MR) is 101 cm³/mol. The summed E-state index contributed by atoms with van der Waals surface area (Å²) in [4.78, 5) is 0. The molecule has 0 saturated heterocycles. The fourth-order valence-electron chi connectivity index (χ4n) is 2.69. The van der Waals surface area contributed by atoms with Crippen molar-refractivity contribution in [2.24, 2.45) is 0 Å². The Morgan fingerprint density at radius 3 is 2.50 bits per heavy atom. The van der Waals surface area contributed by atoms with Crippen LogP contribution in [-0.2, 0) is 17.9 Å². The predicted octanol–water partition coefficient (Wildman–Crippen LogP) is 5.32. The van der Waals surface area contributed by atoms with Crippen LogP contribution in [0.15, 0.2) is 59.1 Å². The number of halogens is 3. The normalized spacial score (nSPS) is 12.3. The molecule has 3 rings (SSSR count). The molecule has 3 nitrogen and oxygen atoms in total. The fourth-order valence-corrected chi connectivity index (χ4v) is 3.21. The van der Waals surface area contributed by atoms with Gasteiger partial charge in [-0.15, -0.1) is 0 Å². The highest BCUT2D eigenvalue weighted by atomic mass is 79.9. The number of alkyl halides is 1. The summed E-state index contributed by atoms with van der Waals surface area (Å²) in [7, 11) is 0. The van der Waals surface area contributed by atoms with Crippen molar-refractivity contribution in [1.82, 2.24) is 9.78 Å². The zero-order valence-electron chi connectivity index (χ0n) is 14.3. The van der Waals surface area contributed by atoms with Crippen molar-refractivity contribution in [1.29, 1.82) is 0 Å². The van der Waals surface area contributed by atoms with Crippen molar-refractivity contribution in [2.75, 3.05) is 6.61 Å². The van der Waals surface area contributed by atoms with Gasteiger partial charge in [0.15, 0.2) is 0 Å². The molecule has 0 N–H and O–H groups in total. The Morgan fingerprint density at radius 1 is 1.12 bits per heavy atom.